The topological polar surface area (TPSA) is 87.5 Å². The standard InChI is InChI=1S/C22H29N7O/c30-22(23-13-6-16-28-14-4-5-15-28)12-11-21-26-25-20-10-9-19(27-29(20)21)24-17-18-7-2-1-3-8-18/h1-3,7-10H,4-6,11-17H2,(H,23,30)(H,24,27). The van der Waals surface area contributed by atoms with Gasteiger partial charge < -0.3 is 15.5 Å². The second-order valence-corrected chi connectivity index (χ2v) is 7.70. The van der Waals surface area contributed by atoms with E-state index in [-0.39, 0.29) is 5.91 Å². The Bertz CT molecular complexity index is 951. The second kappa shape index (κ2) is 10.2. The monoisotopic (exact) mass is 407 g/mol. The van der Waals surface area contributed by atoms with Crippen LogP contribution in [0.4, 0.5) is 5.82 Å². The molecule has 0 atom stereocenters. The number of anilines is 1. The number of likely N-dealkylation sites (tertiary alicyclic amines) is 1. The summed E-state index contributed by atoms with van der Waals surface area (Å²) >= 11 is 0. The van der Waals surface area contributed by atoms with Crippen LogP contribution in [0.5, 0.6) is 0 Å². The van der Waals surface area contributed by atoms with E-state index in [4.69, 9.17) is 0 Å². The average Bonchev–Trinajstić information content (AvgIpc) is 3.44. The zero-order chi connectivity index (χ0) is 20.6. The van der Waals surface area contributed by atoms with Crippen molar-refractivity contribution in [1.29, 1.82) is 0 Å². The fourth-order valence-corrected chi connectivity index (χ4v) is 3.72. The Morgan fingerprint density at radius 1 is 1.03 bits per heavy atom. The number of aromatic nitrogens is 4. The van der Waals surface area contributed by atoms with Crippen LogP contribution in [0.15, 0.2) is 42.5 Å². The summed E-state index contributed by atoms with van der Waals surface area (Å²) in [5.41, 5.74) is 1.87. The van der Waals surface area contributed by atoms with Crippen LogP contribution >= 0.6 is 0 Å². The molecule has 2 N–H and O–H groups in total. The Kier molecular flexibility index (Phi) is 6.87. The molecule has 0 bridgehead atoms. The van der Waals surface area contributed by atoms with E-state index in [9.17, 15) is 4.79 Å². The first kappa shape index (κ1) is 20.3. The molecule has 158 valence electrons. The number of nitrogens with one attached hydrogen (secondary N) is 2. The van der Waals surface area contributed by atoms with Crippen LogP contribution in [0, 0.1) is 0 Å². The van der Waals surface area contributed by atoms with Gasteiger partial charge in [-0.25, -0.2) is 0 Å². The van der Waals surface area contributed by atoms with Gasteiger partial charge in [-0.1, -0.05) is 30.3 Å². The van der Waals surface area contributed by atoms with Crippen molar-refractivity contribution in [3.63, 3.8) is 0 Å². The van der Waals surface area contributed by atoms with Gasteiger partial charge in [0.25, 0.3) is 0 Å². The molecule has 2 aromatic heterocycles. The number of carbonyl (C=O) groups is 1. The Morgan fingerprint density at radius 3 is 2.70 bits per heavy atom. The van der Waals surface area contributed by atoms with Crippen molar-refractivity contribution >= 4 is 17.4 Å². The predicted octanol–water partition coefficient (Wildman–Crippen LogP) is 2.27. The number of aryl methyl sites for hydroxylation is 1. The lowest BCUT2D eigenvalue weighted by molar-refractivity contribution is -0.121. The van der Waals surface area contributed by atoms with E-state index in [0.29, 0.717) is 30.9 Å². The lowest BCUT2D eigenvalue weighted by Crippen LogP contribution is -2.28. The highest BCUT2D eigenvalue weighted by Gasteiger charge is 2.12. The number of rotatable bonds is 10. The third-order valence-corrected chi connectivity index (χ3v) is 5.39. The van der Waals surface area contributed by atoms with Crippen molar-refractivity contribution in [2.75, 3.05) is 31.5 Å². The summed E-state index contributed by atoms with van der Waals surface area (Å²) < 4.78 is 1.72. The molecule has 3 aromatic rings. The van der Waals surface area contributed by atoms with Crippen LogP contribution in [0.2, 0.25) is 0 Å². The SMILES string of the molecule is O=C(CCc1nnc2ccc(NCc3ccccc3)nn12)NCCCN1CCCC1. The molecule has 3 heterocycles. The second-order valence-electron chi connectivity index (χ2n) is 7.70. The van der Waals surface area contributed by atoms with E-state index >= 15 is 0 Å². The molecule has 30 heavy (non-hydrogen) atoms. The Morgan fingerprint density at radius 2 is 1.87 bits per heavy atom. The maximum atomic E-state index is 12.2. The van der Waals surface area contributed by atoms with Crippen molar-refractivity contribution in [3.8, 4) is 0 Å². The smallest absolute Gasteiger partial charge is 0.220 e. The number of benzene rings is 1. The number of hydrogen-bond donors (Lipinski definition) is 2. The van der Waals surface area contributed by atoms with Crippen molar-refractivity contribution in [2.24, 2.45) is 0 Å². The van der Waals surface area contributed by atoms with Gasteiger partial charge >= 0.3 is 0 Å². The summed E-state index contributed by atoms with van der Waals surface area (Å²) in [4.78, 5) is 14.6. The average molecular weight is 408 g/mol. The lowest BCUT2D eigenvalue weighted by Gasteiger charge is -2.14. The van der Waals surface area contributed by atoms with E-state index in [0.717, 1.165) is 25.3 Å². The summed E-state index contributed by atoms with van der Waals surface area (Å²) in [7, 11) is 0. The highest BCUT2D eigenvalue weighted by molar-refractivity contribution is 5.76. The lowest BCUT2D eigenvalue weighted by atomic mass is 10.2. The van der Waals surface area contributed by atoms with E-state index in [1.54, 1.807) is 4.52 Å². The third-order valence-electron chi connectivity index (χ3n) is 5.39. The van der Waals surface area contributed by atoms with Gasteiger partial charge in [0.2, 0.25) is 5.91 Å². The fourth-order valence-electron chi connectivity index (χ4n) is 3.72. The molecule has 1 saturated heterocycles. The molecular weight excluding hydrogens is 378 g/mol. The number of fused-ring (bicyclic) bond motifs is 1. The van der Waals surface area contributed by atoms with Gasteiger partial charge in [-0.15, -0.1) is 15.3 Å². The van der Waals surface area contributed by atoms with Crippen molar-refractivity contribution in [1.82, 2.24) is 30.0 Å². The van der Waals surface area contributed by atoms with Gasteiger partial charge in [0.05, 0.1) is 0 Å². The normalized spacial score (nSPS) is 14.3. The molecule has 0 saturated carbocycles. The molecule has 1 aromatic carbocycles. The third kappa shape index (κ3) is 5.54. The van der Waals surface area contributed by atoms with Crippen molar-refractivity contribution in [2.45, 2.75) is 38.6 Å². The first-order valence-electron chi connectivity index (χ1n) is 10.8. The minimum absolute atomic E-state index is 0.0477. The zero-order valence-electron chi connectivity index (χ0n) is 17.3. The largest absolute Gasteiger partial charge is 0.365 e. The van der Waals surface area contributed by atoms with Crippen LogP contribution in [-0.2, 0) is 17.8 Å². The molecule has 1 amide bonds. The highest BCUT2D eigenvalue weighted by atomic mass is 16.1. The molecule has 0 spiro atoms. The summed E-state index contributed by atoms with van der Waals surface area (Å²) in [6, 6.07) is 13.9. The van der Waals surface area contributed by atoms with E-state index < -0.39 is 0 Å². The summed E-state index contributed by atoms with van der Waals surface area (Å²) in [5, 5.41) is 19.3. The molecule has 0 aliphatic carbocycles. The Hall–Kier alpha value is -3.00. The molecule has 1 aliphatic heterocycles. The van der Waals surface area contributed by atoms with Gasteiger partial charge in [-0.3, -0.25) is 4.79 Å². The summed E-state index contributed by atoms with van der Waals surface area (Å²) in [6.45, 7) is 4.88. The molecule has 0 unspecified atom stereocenters. The first-order valence-corrected chi connectivity index (χ1v) is 10.8. The molecule has 8 heteroatoms. The number of hydrogen-bond acceptors (Lipinski definition) is 6. The van der Waals surface area contributed by atoms with Gasteiger partial charge in [0.1, 0.15) is 5.82 Å². The maximum absolute atomic E-state index is 12.2. The van der Waals surface area contributed by atoms with Crippen LogP contribution in [0.3, 0.4) is 0 Å². The van der Waals surface area contributed by atoms with Crippen LogP contribution < -0.4 is 10.6 Å². The Labute approximate surface area is 176 Å². The summed E-state index contributed by atoms with van der Waals surface area (Å²) in [6.07, 6.45) is 4.49. The minimum atomic E-state index is 0.0477. The van der Waals surface area contributed by atoms with Crippen LogP contribution in [0.1, 0.15) is 37.1 Å². The number of amides is 1. The molecule has 1 fully saturated rings. The first-order chi connectivity index (χ1) is 14.8. The molecule has 8 nitrogen and oxygen atoms in total. The van der Waals surface area contributed by atoms with E-state index in [1.807, 2.05) is 30.3 Å². The molecular formula is C22H29N7O. The number of nitrogens with zero attached hydrogens (tertiary/aromatic N) is 5. The van der Waals surface area contributed by atoms with Gasteiger partial charge in [0, 0.05) is 25.9 Å². The minimum Gasteiger partial charge on any atom is -0.365 e. The van der Waals surface area contributed by atoms with Gasteiger partial charge in [-0.05, 0) is 56.6 Å². The van der Waals surface area contributed by atoms with Gasteiger partial charge in [0.15, 0.2) is 11.5 Å². The van der Waals surface area contributed by atoms with E-state index in [1.165, 1.54) is 31.5 Å². The quantitative estimate of drug-likeness (QED) is 0.502. The predicted molar refractivity (Wildman–Crippen MR) is 116 cm³/mol. The van der Waals surface area contributed by atoms with Gasteiger partial charge in [-0.2, -0.15) is 4.52 Å². The summed E-state index contributed by atoms with van der Waals surface area (Å²) in [5.74, 6) is 1.49. The molecule has 1 aliphatic rings. The number of carbonyl (C=O) groups excluding carboxylic acids is 1. The molecule has 0 radical (unpaired) electrons. The van der Waals surface area contributed by atoms with Crippen LogP contribution in [-0.4, -0.2) is 56.8 Å². The van der Waals surface area contributed by atoms with E-state index in [2.05, 4.69) is 43.0 Å². The highest BCUT2D eigenvalue weighted by Crippen LogP contribution is 2.10. The maximum Gasteiger partial charge on any atom is 0.220 e. The zero-order valence-corrected chi connectivity index (χ0v) is 17.3. The van der Waals surface area contributed by atoms with Crippen LogP contribution in [0.25, 0.3) is 5.65 Å². The van der Waals surface area contributed by atoms with Crippen molar-refractivity contribution < 1.29 is 4.79 Å². The molecule has 4 rings (SSSR count). The Balaban J connectivity index is 1.25. The fraction of sp³-hybridized carbons (Fsp3) is 0.455. The van der Waals surface area contributed by atoms with Crippen molar-refractivity contribution in [3.05, 3.63) is 53.9 Å².